The van der Waals surface area contributed by atoms with Crippen LogP contribution in [0.1, 0.15) is 0 Å². The van der Waals surface area contributed by atoms with Gasteiger partial charge >= 0.3 is 6.03 Å². The third-order valence-corrected chi connectivity index (χ3v) is 0.883. The molecule has 0 aliphatic rings. The van der Waals surface area contributed by atoms with Gasteiger partial charge in [0.25, 0.3) is 5.91 Å². The number of urea groups is 1. The van der Waals surface area contributed by atoms with Crippen LogP contribution in [0.25, 0.3) is 0 Å². The molecule has 0 heterocycles. The standard InChI is InChI=1S/C3H5Cl2N3O2/c4-3(5,7)1(9)8-2(6)10/h7H2,(H3,6,8,9,10). The average Bonchev–Trinajstić information content (AvgIpc) is 1.60. The van der Waals surface area contributed by atoms with Crippen LogP contribution in [0.15, 0.2) is 0 Å². The predicted octanol–water partition coefficient (Wildman–Crippen LogP) is -0.729. The normalized spacial score (nSPS) is 10.7. The summed E-state index contributed by atoms with van der Waals surface area (Å²) in [5.41, 5.74) is 9.38. The molecule has 0 saturated heterocycles. The zero-order valence-corrected chi connectivity index (χ0v) is 6.24. The summed E-state index contributed by atoms with van der Waals surface area (Å²) in [4.78, 5) is 20.4. The zero-order chi connectivity index (χ0) is 8.36. The van der Waals surface area contributed by atoms with Crippen molar-refractivity contribution in [2.24, 2.45) is 11.5 Å². The summed E-state index contributed by atoms with van der Waals surface area (Å²) in [6.45, 7) is 0. The van der Waals surface area contributed by atoms with Crippen LogP contribution >= 0.6 is 23.2 Å². The van der Waals surface area contributed by atoms with Gasteiger partial charge in [0.2, 0.25) is 4.46 Å². The molecule has 0 aromatic rings. The van der Waals surface area contributed by atoms with Gasteiger partial charge in [-0.15, -0.1) is 0 Å². The Morgan fingerprint density at radius 1 is 1.40 bits per heavy atom. The topological polar surface area (TPSA) is 98.2 Å². The number of alkyl halides is 2. The lowest BCUT2D eigenvalue weighted by Crippen LogP contribution is -2.48. The highest BCUT2D eigenvalue weighted by atomic mass is 35.5. The molecule has 0 aromatic carbocycles. The quantitative estimate of drug-likeness (QED) is 0.372. The maximum atomic E-state index is 10.5. The third-order valence-electron chi connectivity index (χ3n) is 0.539. The average molecular weight is 186 g/mol. The van der Waals surface area contributed by atoms with E-state index in [0.29, 0.717) is 0 Å². The van der Waals surface area contributed by atoms with Crippen molar-refractivity contribution in [3.05, 3.63) is 0 Å². The van der Waals surface area contributed by atoms with Crippen molar-refractivity contribution >= 4 is 35.1 Å². The second kappa shape index (κ2) is 3.05. The van der Waals surface area contributed by atoms with Crippen molar-refractivity contribution in [3.63, 3.8) is 0 Å². The minimum Gasteiger partial charge on any atom is -0.351 e. The summed E-state index contributed by atoms with van der Waals surface area (Å²) >= 11 is 10.1. The summed E-state index contributed by atoms with van der Waals surface area (Å²) in [5, 5.41) is 1.59. The third kappa shape index (κ3) is 3.49. The predicted molar refractivity (Wildman–Crippen MR) is 36.4 cm³/mol. The zero-order valence-electron chi connectivity index (χ0n) is 4.73. The number of nitrogens with two attached hydrogens (primary N) is 2. The summed E-state index contributed by atoms with van der Waals surface area (Å²) in [6, 6.07) is -1.05. The smallest absolute Gasteiger partial charge is 0.318 e. The molecule has 0 fully saturated rings. The van der Waals surface area contributed by atoms with E-state index in [1.54, 1.807) is 5.32 Å². The molecule has 10 heavy (non-hydrogen) atoms. The molecule has 0 rings (SSSR count). The first kappa shape index (κ1) is 9.48. The largest absolute Gasteiger partial charge is 0.351 e. The highest BCUT2D eigenvalue weighted by Crippen LogP contribution is 2.11. The molecule has 0 spiro atoms. The summed E-state index contributed by atoms with van der Waals surface area (Å²) in [7, 11) is 0. The van der Waals surface area contributed by atoms with E-state index in [-0.39, 0.29) is 0 Å². The molecule has 0 bridgehead atoms. The first-order valence-corrected chi connectivity index (χ1v) is 2.87. The van der Waals surface area contributed by atoms with Crippen LogP contribution in [-0.4, -0.2) is 16.4 Å². The van der Waals surface area contributed by atoms with E-state index in [9.17, 15) is 9.59 Å². The molecular weight excluding hydrogens is 181 g/mol. The van der Waals surface area contributed by atoms with Crippen molar-refractivity contribution in [2.75, 3.05) is 0 Å². The molecule has 0 radical (unpaired) electrons. The second-order valence-corrected chi connectivity index (χ2v) is 2.83. The Bertz CT molecular complexity index is 164. The molecule has 5 N–H and O–H groups in total. The van der Waals surface area contributed by atoms with Crippen molar-refractivity contribution in [3.8, 4) is 0 Å². The van der Waals surface area contributed by atoms with E-state index in [2.05, 4.69) is 5.73 Å². The van der Waals surface area contributed by atoms with Crippen molar-refractivity contribution in [2.45, 2.75) is 4.46 Å². The molecule has 0 atom stereocenters. The van der Waals surface area contributed by atoms with E-state index in [1.165, 1.54) is 0 Å². The fourth-order valence-electron chi connectivity index (χ4n) is 0.195. The highest BCUT2D eigenvalue weighted by Gasteiger charge is 2.28. The van der Waals surface area contributed by atoms with Crippen LogP contribution in [0, 0.1) is 0 Å². The number of hydrogen-bond donors (Lipinski definition) is 3. The summed E-state index contributed by atoms with van der Waals surface area (Å²) in [6.07, 6.45) is 0. The number of halogens is 2. The molecule has 0 aromatic heterocycles. The number of carbonyl (C=O) groups is 2. The first-order chi connectivity index (χ1) is 4.34. The SMILES string of the molecule is NC(=O)NC(=O)C(N)(Cl)Cl. The Morgan fingerprint density at radius 3 is 1.90 bits per heavy atom. The maximum Gasteiger partial charge on any atom is 0.318 e. The molecule has 0 aliphatic heterocycles. The van der Waals surface area contributed by atoms with Gasteiger partial charge in [0, 0.05) is 0 Å². The molecule has 0 aliphatic carbocycles. The molecular formula is C3H5Cl2N3O2. The lowest BCUT2D eigenvalue weighted by molar-refractivity contribution is -0.120. The first-order valence-electron chi connectivity index (χ1n) is 2.11. The number of imide groups is 1. The molecule has 0 unspecified atom stereocenters. The molecule has 0 saturated carbocycles. The van der Waals surface area contributed by atoms with E-state index in [1.807, 2.05) is 0 Å². The highest BCUT2D eigenvalue weighted by molar-refractivity contribution is 6.57. The Hall–Kier alpha value is -0.520. The van der Waals surface area contributed by atoms with E-state index in [4.69, 9.17) is 28.9 Å². The number of rotatable bonds is 1. The molecule has 5 nitrogen and oxygen atoms in total. The van der Waals surface area contributed by atoms with Gasteiger partial charge in [0.1, 0.15) is 0 Å². The van der Waals surface area contributed by atoms with Gasteiger partial charge in [-0.25, -0.2) is 4.79 Å². The Kier molecular flexibility index (Phi) is 2.89. The van der Waals surface area contributed by atoms with Crippen LogP contribution < -0.4 is 16.8 Å². The van der Waals surface area contributed by atoms with E-state index < -0.39 is 16.4 Å². The monoisotopic (exact) mass is 185 g/mol. The van der Waals surface area contributed by atoms with Gasteiger partial charge in [-0.2, -0.15) is 0 Å². The van der Waals surface area contributed by atoms with Crippen LogP contribution in [0.4, 0.5) is 4.79 Å². The van der Waals surface area contributed by atoms with Crippen LogP contribution in [0.5, 0.6) is 0 Å². The molecule has 3 amide bonds. The van der Waals surface area contributed by atoms with Crippen molar-refractivity contribution in [1.82, 2.24) is 5.32 Å². The van der Waals surface area contributed by atoms with E-state index in [0.717, 1.165) is 0 Å². The fraction of sp³-hybridized carbons (Fsp3) is 0.333. The van der Waals surface area contributed by atoms with Crippen molar-refractivity contribution in [1.29, 1.82) is 0 Å². The van der Waals surface area contributed by atoms with Gasteiger partial charge in [-0.05, 0) is 0 Å². The van der Waals surface area contributed by atoms with Crippen LogP contribution in [-0.2, 0) is 4.79 Å². The van der Waals surface area contributed by atoms with Gasteiger partial charge in [0.15, 0.2) is 0 Å². The summed E-state index contributed by atoms with van der Waals surface area (Å²) < 4.78 is -2.12. The maximum absolute atomic E-state index is 10.5. The molecule has 58 valence electrons. The van der Waals surface area contributed by atoms with Crippen molar-refractivity contribution < 1.29 is 9.59 Å². The van der Waals surface area contributed by atoms with Gasteiger partial charge in [-0.3, -0.25) is 15.8 Å². The molecule has 7 heteroatoms. The fourth-order valence-corrected chi connectivity index (χ4v) is 0.290. The van der Waals surface area contributed by atoms with Gasteiger partial charge in [0.05, 0.1) is 0 Å². The number of primary amides is 1. The Morgan fingerprint density at radius 2 is 1.80 bits per heavy atom. The minimum atomic E-state index is -2.12. The Balaban J connectivity index is 3.99. The number of amides is 3. The second-order valence-electron chi connectivity index (χ2n) is 1.44. The van der Waals surface area contributed by atoms with Crippen LogP contribution in [0.2, 0.25) is 0 Å². The number of carbonyl (C=O) groups excluding carboxylic acids is 2. The lowest BCUT2D eigenvalue weighted by Gasteiger charge is -2.09. The number of nitrogens with one attached hydrogen (secondary N) is 1. The van der Waals surface area contributed by atoms with Gasteiger partial charge < -0.3 is 5.73 Å². The summed E-state index contributed by atoms with van der Waals surface area (Å²) in [5.74, 6) is -1.05. The van der Waals surface area contributed by atoms with Gasteiger partial charge in [-0.1, -0.05) is 23.2 Å². The van der Waals surface area contributed by atoms with E-state index >= 15 is 0 Å². The number of hydrogen-bond acceptors (Lipinski definition) is 3. The Labute approximate surface area is 66.6 Å². The van der Waals surface area contributed by atoms with Crippen LogP contribution in [0.3, 0.4) is 0 Å². The lowest BCUT2D eigenvalue weighted by atomic mass is 10.6. The minimum absolute atomic E-state index is 1.05.